The smallest absolute Gasteiger partial charge is 0.326 e. The Hall–Kier alpha value is -1.62. The molecule has 0 heterocycles. The molecule has 0 unspecified atom stereocenters. The fraction of sp³-hybridized carbons (Fsp3) is 0.273. The molecule has 0 fully saturated rings. The number of nitrogens with one attached hydrogen (secondary N) is 1. The summed E-state index contributed by atoms with van der Waals surface area (Å²) < 4.78 is 13.1. The number of halogens is 2. The molecule has 1 atom stereocenters. The topological polar surface area (TPSA) is 66.4 Å². The molecule has 1 amide bonds. The van der Waals surface area contributed by atoms with Gasteiger partial charge in [-0.05, 0) is 24.6 Å². The second-order valence-electron chi connectivity index (χ2n) is 3.40. The van der Waals surface area contributed by atoms with Gasteiger partial charge in [0, 0.05) is 5.56 Å². The molecule has 0 aliphatic rings. The molecule has 17 heavy (non-hydrogen) atoms. The van der Waals surface area contributed by atoms with Gasteiger partial charge in [-0.25, -0.2) is 9.18 Å². The van der Waals surface area contributed by atoms with Crippen molar-refractivity contribution >= 4 is 23.5 Å². The average molecular weight is 260 g/mol. The molecule has 0 aliphatic carbocycles. The van der Waals surface area contributed by atoms with Gasteiger partial charge in [-0.2, -0.15) is 0 Å². The summed E-state index contributed by atoms with van der Waals surface area (Å²) in [7, 11) is 0. The lowest BCUT2D eigenvalue weighted by atomic mass is 10.1. The monoisotopic (exact) mass is 259 g/mol. The molecule has 0 bridgehead atoms. The molecule has 1 aromatic carbocycles. The van der Waals surface area contributed by atoms with Crippen LogP contribution in [0.4, 0.5) is 4.39 Å². The summed E-state index contributed by atoms with van der Waals surface area (Å²) in [5, 5.41) is 10.9. The van der Waals surface area contributed by atoms with E-state index in [1.54, 1.807) is 6.92 Å². The first-order chi connectivity index (χ1) is 7.95. The quantitative estimate of drug-likeness (QED) is 0.870. The molecule has 0 saturated heterocycles. The fourth-order valence-corrected chi connectivity index (χ4v) is 1.33. The molecule has 0 radical (unpaired) electrons. The average Bonchev–Trinajstić information content (AvgIpc) is 2.28. The SMILES string of the molecule is CC[C@H](NC(=O)c1ccc(Cl)c(F)c1)C(=O)O. The first kappa shape index (κ1) is 13.4. The van der Waals surface area contributed by atoms with Crippen LogP contribution in [0.3, 0.4) is 0 Å². The number of rotatable bonds is 4. The zero-order valence-corrected chi connectivity index (χ0v) is 9.79. The van der Waals surface area contributed by atoms with Gasteiger partial charge < -0.3 is 10.4 Å². The van der Waals surface area contributed by atoms with Crippen molar-refractivity contribution in [2.24, 2.45) is 0 Å². The van der Waals surface area contributed by atoms with Gasteiger partial charge in [-0.3, -0.25) is 4.79 Å². The highest BCUT2D eigenvalue weighted by Crippen LogP contribution is 2.15. The van der Waals surface area contributed by atoms with E-state index in [2.05, 4.69) is 5.32 Å². The van der Waals surface area contributed by atoms with E-state index in [-0.39, 0.29) is 17.0 Å². The number of carboxylic acid groups (broad SMARTS) is 1. The van der Waals surface area contributed by atoms with Gasteiger partial charge in [0.25, 0.3) is 5.91 Å². The zero-order chi connectivity index (χ0) is 13.0. The predicted molar refractivity (Wildman–Crippen MR) is 60.6 cm³/mol. The van der Waals surface area contributed by atoms with Crippen LogP contribution >= 0.6 is 11.6 Å². The maximum Gasteiger partial charge on any atom is 0.326 e. The maximum absolute atomic E-state index is 13.1. The molecular weight excluding hydrogens is 249 g/mol. The van der Waals surface area contributed by atoms with Gasteiger partial charge in [0.05, 0.1) is 5.02 Å². The van der Waals surface area contributed by atoms with E-state index in [0.717, 1.165) is 6.07 Å². The van der Waals surface area contributed by atoms with Crippen molar-refractivity contribution in [3.05, 3.63) is 34.6 Å². The third-order valence-electron chi connectivity index (χ3n) is 2.19. The van der Waals surface area contributed by atoms with Crippen LogP contribution in [-0.2, 0) is 4.79 Å². The molecule has 1 aromatic rings. The van der Waals surface area contributed by atoms with Gasteiger partial charge in [-0.15, -0.1) is 0 Å². The lowest BCUT2D eigenvalue weighted by molar-refractivity contribution is -0.139. The number of hydrogen-bond acceptors (Lipinski definition) is 2. The Morgan fingerprint density at radius 2 is 2.18 bits per heavy atom. The van der Waals surface area contributed by atoms with Crippen LogP contribution in [-0.4, -0.2) is 23.0 Å². The van der Waals surface area contributed by atoms with E-state index < -0.39 is 23.7 Å². The normalized spacial score (nSPS) is 11.9. The number of hydrogen-bond donors (Lipinski definition) is 2. The Bertz CT molecular complexity index is 450. The van der Waals surface area contributed by atoms with Crippen LogP contribution in [0, 0.1) is 5.82 Å². The highest BCUT2D eigenvalue weighted by molar-refractivity contribution is 6.30. The van der Waals surface area contributed by atoms with Crippen LogP contribution in [0.2, 0.25) is 5.02 Å². The molecule has 0 spiro atoms. The molecule has 4 nitrogen and oxygen atoms in total. The Morgan fingerprint density at radius 3 is 2.65 bits per heavy atom. The summed E-state index contributed by atoms with van der Waals surface area (Å²) in [6.07, 6.45) is 0.247. The number of carboxylic acids is 1. The zero-order valence-electron chi connectivity index (χ0n) is 9.04. The van der Waals surface area contributed by atoms with Gasteiger partial charge >= 0.3 is 5.97 Å². The van der Waals surface area contributed by atoms with Crippen molar-refractivity contribution in [2.45, 2.75) is 19.4 Å². The third kappa shape index (κ3) is 3.42. The molecule has 1 rings (SSSR count). The van der Waals surface area contributed by atoms with E-state index in [0.29, 0.717) is 0 Å². The van der Waals surface area contributed by atoms with Crippen molar-refractivity contribution in [2.75, 3.05) is 0 Å². The molecular formula is C11H11ClFNO3. The summed E-state index contributed by atoms with van der Waals surface area (Å²) in [4.78, 5) is 22.3. The van der Waals surface area contributed by atoms with Crippen molar-refractivity contribution < 1.29 is 19.1 Å². The summed E-state index contributed by atoms with van der Waals surface area (Å²) >= 11 is 5.47. The van der Waals surface area contributed by atoms with Crippen LogP contribution < -0.4 is 5.32 Å². The molecule has 92 valence electrons. The van der Waals surface area contributed by atoms with E-state index in [1.165, 1.54) is 12.1 Å². The summed E-state index contributed by atoms with van der Waals surface area (Å²) in [6, 6.07) is 2.55. The number of carbonyl (C=O) groups excluding carboxylic acids is 1. The summed E-state index contributed by atoms with van der Waals surface area (Å²) in [5.41, 5.74) is 0.0339. The number of aliphatic carboxylic acids is 1. The number of benzene rings is 1. The van der Waals surface area contributed by atoms with Gasteiger partial charge in [-0.1, -0.05) is 18.5 Å². The first-order valence-corrected chi connectivity index (χ1v) is 5.32. The Kier molecular flexibility index (Phi) is 4.45. The predicted octanol–water partition coefficient (Wildman–Crippen LogP) is 2.07. The van der Waals surface area contributed by atoms with E-state index >= 15 is 0 Å². The lowest BCUT2D eigenvalue weighted by Crippen LogP contribution is -2.40. The largest absolute Gasteiger partial charge is 0.480 e. The van der Waals surface area contributed by atoms with Gasteiger partial charge in [0.2, 0.25) is 0 Å². The van der Waals surface area contributed by atoms with Crippen LogP contribution in [0.5, 0.6) is 0 Å². The van der Waals surface area contributed by atoms with Crippen molar-refractivity contribution in [1.29, 1.82) is 0 Å². The standard InChI is InChI=1S/C11H11ClFNO3/c1-2-9(11(16)17)14-10(15)6-3-4-7(12)8(13)5-6/h3-5,9H,2H2,1H3,(H,14,15)(H,16,17)/t9-/m0/s1. The van der Waals surface area contributed by atoms with Crippen molar-refractivity contribution in [3.8, 4) is 0 Å². The van der Waals surface area contributed by atoms with Crippen LogP contribution in [0.1, 0.15) is 23.7 Å². The molecule has 2 N–H and O–H groups in total. The third-order valence-corrected chi connectivity index (χ3v) is 2.50. The Labute approximate surface area is 102 Å². The maximum atomic E-state index is 13.1. The number of carbonyl (C=O) groups is 2. The molecule has 0 aromatic heterocycles. The second-order valence-corrected chi connectivity index (χ2v) is 3.81. The summed E-state index contributed by atoms with van der Waals surface area (Å²) in [5.74, 6) is -2.49. The molecule has 0 saturated carbocycles. The van der Waals surface area contributed by atoms with Crippen molar-refractivity contribution in [1.82, 2.24) is 5.32 Å². The molecule has 6 heteroatoms. The highest BCUT2D eigenvalue weighted by Gasteiger charge is 2.18. The summed E-state index contributed by atoms with van der Waals surface area (Å²) in [6.45, 7) is 1.63. The van der Waals surface area contributed by atoms with Crippen LogP contribution in [0.25, 0.3) is 0 Å². The Balaban J connectivity index is 2.82. The minimum absolute atomic E-state index is 0.0339. The van der Waals surface area contributed by atoms with E-state index in [1.807, 2.05) is 0 Å². The van der Waals surface area contributed by atoms with Crippen molar-refractivity contribution in [3.63, 3.8) is 0 Å². The fourth-order valence-electron chi connectivity index (χ4n) is 1.22. The van der Waals surface area contributed by atoms with E-state index in [9.17, 15) is 14.0 Å². The molecule has 0 aliphatic heterocycles. The highest BCUT2D eigenvalue weighted by atomic mass is 35.5. The first-order valence-electron chi connectivity index (χ1n) is 4.94. The van der Waals surface area contributed by atoms with Crippen LogP contribution in [0.15, 0.2) is 18.2 Å². The number of amides is 1. The van der Waals surface area contributed by atoms with Gasteiger partial charge in [0.15, 0.2) is 0 Å². The second kappa shape index (κ2) is 5.63. The lowest BCUT2D eigenvalue weighted by Gasteiger charge is -2.12. The minimum atomic E-state index is -1.13. The van der Waals surface area contributed by atoms with Gasteiger partial charge in [0.1, 0.15) is 11.9 Å². The Morgan fingerprint density at radius 1 is 1.53 bits per heavy atom. The minimum Gasteiger partial charge on any atom is -0.480 e. The van der Waals surface area contributed by atoms with E-state index in [4.69, 9.17) is 16.7 Å².